The quantitative estimate of drug-likeness (QED) is 0.855. The molecule has 0 heterocycles. The number of ether oxygens (including phenoxy) is 1. The third-order valence-electron chi connectivity index (χ3n) is 2.61. The highest BCUT2D eigenvalue weighted by Crippen LogP contribution is 2.25. The third kappa shape index (κ3) is 3.85. The zero-order chi connectivity index (χ0) is 13.8. The van der Waals surface area contributed by atoms with Gasteiger partial charge < -0.3 is 10.1 Å². The lowest BCUT2D eigenvalue weighted by Gasteiger charge is -2.10. The van der Waals surface area contributed by atoms with Gasteiger partial charge in [-0.05, 0) is 29.8 Å². The van der Waals surface area contributed by atoms with Crippen molar-refractivity contribution < 1.29 is 9.13 Å². The van der Waals surface area contributed by atoms with E-state index >= 15 is 0 Å². The first-order chi connectivity index (χ1) is 9.08. The van der Waals surface area contributed by atoms with E-state index in [0.29, 0.717) is 11.6 Å². The van der Waals surface area contributed by atoms with Gasteiger partial charge in [0, 0.05) is 27.8 Å². The van der Waals surface area contributed by atoms with Crippen molar-refractivity contribution in [2.45, 2.75) is 6.54 Å². The summed E-state index contributed by atoms with van der Waals surface area (Å²) in [5.41, 5.74) is 1.73. The lowest BCUT2D eigenvalue weighted by molar-refractivity contribution is 0.414. The zero-order valence-corrected chi connectivity index (χ0v) is 12.6. The minimum atomic E-state index is -0.335. The Bertz CT molecular complexity index is 592. The SMILES string of the molecule is COc1cc(Br)cc(NCc2ccc(F)cc2Cl)c1. The minimum absolute atomic E-state index is 0.335. The van der Waals surface area contributed by atoms with Crippen LogP contribution in [0.5, 0.6) is 5.75 Å². The van der Waals surface area contributed by atoms with Crippen LogP contribution in [0.1, 0.15) is 5.56 Å². The van der Waals surface area contributed by atoms with E-state index in [9.17, 15) is 4.39 Å². The van der Waals surface area contributed by atoms with E-state index in [-0.39, 0.29) is 5.82 Å². The van der Waals surface area contributed by atoms with Crippen LogP contribution in [0.15, 0.2) is 40.9 Å². The Hall–Kier alpha value is -1.26. The summed E-state index contributed by atoms with van der Waals surface area (Å²) < 4.78 is 19.0. The monoisotopic (exact) mass is 343 g/mol. The van der Waals surface area contributed by atoms with E-state index < -0.39 is 0 Å². The van der Waals surface area contributed by atoms with Crippen LogP contribution in [0, 0.1) is 5.82 Å². The first kappa shape index (κ1) is 14.2. The number of hydrogen-bond donors (Lipinski definition) is 1. The van der Waals surface area contributed by atoms with Crippen molar-refractivity contribution in [3.8, 4) is 5.75 Å². The summed E-state index contributed by atoms with van der Waals surface area (Å²) in [6.07, 6.45) is 0. The van der Waals surface area contributed by atoms with Crippen LogP contribution in [-0.4, -0.2) is 7.11 Å². The Morgan fingerprint density at radius 2 is 2.05 bits per heavy atom. The van der Waals surface area contributed by atoms with Crippen molar-refractivity contribution in [2.75, 3.05) is 12.4 Å². The summed E-state index contributed by atoms with van der Waals surface area (Å²) >= 11 is 9.38. The molecule has 1 N–H and O–H groups in total. The average Bonchev–Trinajstić information content (AvgIpc) is 2.37. The summed E-state index contributed by atoms with van der Waals surface area (Å²) in [6.45, 7) is 0.513. The Morgan fingerprint density at radius 3 is 2.74 bits per heavy atom. The van der Waals surface area contributed by atoms with Gasteiger partial charge in [0.2, 0.25) is 0 Å². The van der Waals surface area contributed by atoms with Crippen LogP contribution in [0.25, 0.3) is 0 Å². The highest BCUT2D eigenvalue weighted by atomic mass is 79.9. The lowest BCUT2D eigenvalue weighted by Crippen LogP contribution is -2.00. The molecule has 0 fully saturated rings. The van der Waals surface area contributed by atoms with Gasteiger partial charge in [0.25, 0.3) is 0 Å². The van der Waals surface area contributed by atoms with Gasteiger partial charge in [0.05, 0.1) is 7.11 Å². The molecule has 0 bridgehead atoms. The average molecular weight is 345 g/mol. The van der Waals surface area contributed by atoms with E-state index in [1.165, 1.54) is 12.1 Å². The fourth-order valence-electron chi connectivity index (χ4n) is 1.64. The first-order valence-corrected chi connectivity index (χ1v) is 6.78. The van der Waals surface area contributed by atoms with Crippen LogP contribution in [0.2, 0.25) is 5.02 Å². The molecular formula is C14H12BrClFNO. The van der Waals surface area contributed by atoms with E-state index in [1.807, 2.05) is 18.2 Å². The van der Waals surface area contributed by atoms with Crippen LogP contribution >= 0.6 is 27.5 Å². The van der Waals surface area contributed by atoms with Crippen molar-refractivity contribution in [3.05, 3.63) is 57.3 Å². The Kier molecular flexibility index (Phi) is 4.66. The van der Waals surface area contributed by atoms with Crippen molar-refractivity contribution >= 4 is 33.2 Å². The third-order valence-corrected chi connectivity index (χ3v) is 3.41. The first-order valence-electron chi connectivity index (χ1n) is 5.61. The summed E-state index contributed by atoms with van der Waals surface area (Å²) in [5.74, 6) is 0.417. The number of rotatable bonds is 4. The molecule has 100 valence electrons. The van der Waals surface area contributed by atoms with Crippen molar-refractivity contribution in [3.63, 3.8) is 0 Å². The van der Waals surface area contributed by atoms with E-state index in [1.54, 1.807) is 13.2 Å². The maximum Gasteiger partial charge on any atom is 0.124 e. The largest absolute Gasteiger partial charge is 0.497 e. The molecule has 0 unspecified atom stereocenters. The fraction of sp³-hybridized carbons (Fsp3) is 0.143. The fourth-order valence-corrected chi connectivity index (χ4v) is 2.35. The topological polar surface area (TPSA) is 21.3 Å². The molecule has 0 aliphatic carbocycles. The maximum absolute atomic E-state index is 12.9. The molecule has 0 amide bonds. The van der Waals surface area contributed by atoms with Crippen LogP contribution < -0.4 is 10.1 Å². The Morgan fingerprint density at radius 1 is 1.26 bits per heavy atom. The summed E-state index contributed by atoms with van der Waals surface area (Å²) in [6, 6.07) is 10.0. The molecule has 2 aromatic rings. The number of anilines is 1. The van der Waals surface area contributed by atoms with E-state index in [2.05, 4.69) is 21.2 Å². The Labute approximate surface area is 124 Å². The van der Waals surface area contributed by atoms with Gasteiger partial charge in [-0.3, -0.25) is 0 Å². The molecule has 0 atom stereocenters. The molecule has 0 saturated heterocycles. The number of hydrogen-bond acceptors (Lipinski definition) is 2. The van der Waals surface area contributed by atoms with Crippen LogP contribution in [0.3, 0.4) is 0 Å². The molecule has 2 rings (SSSR count). The molecule has 0 radical (unpaired) electrons. The number of benzene rings is 2. The predicted molar refractivity (Wildman–Crippen MR) is 79.4 cm³/mol. The van der Waals surface area contributed by atoms with Crippen LogP contribution in [-0.2, 0) is 6.54 Å². The second-order valence-electron chi connectivity index (χ2n) is 3.97. The maximum atomic E-state index is 12.9. The van der Waals surface area contributed by atoms with Gasteiger partial charge in [0.1, 0.15) is 11.6 Å². The highest BCUT2D eigenvalue weighted by Gasteiger charge is 2.03. The lowest BCUT2D eigenvalue weighted by atomic mass is 10.2. The van der Waals surface area contributed by atoms with Crippen molar-refractivity contribution in [2.24, 2.45) is 0 Å². The molecular weight excluding hydrogens is 333 g/mol. The smallest absolute Gasteiger partial charge is 0.124 e. The molecule has 0 aromatic heterocycles. The van der Waals surface area contributed by atoms with Gasteiger partial charge in [-0.2, -0.15) is 0 Å². The molecule has 0 aliphatic rings. The minimum Gasteiger partial charge on any atom is -0.497 e. The molecule has 19 heavy (non-hydrogen) atoms. The van der Waals surface area contributed by atoms with Crippen molar-refractivity contribution in [1.82, 2.24) is 0 Å². The van der Waals surface area contributed by atoms with E-state index in [0.717, 1.165) is 21.5 Å². The highest BCUT2D eigenvalue weighted by molar-refractivity contribution is 9.10. The Balaban J connectivity index is 2.12. The second kappa shape index (κ2) is 6.26. The molecule has 2 nitrogen and oxygen atoms in total. The number of halogens is 3. The van der Waals surface area contributed by atoms with Gasteiger partial charge in [-0.1, -0.05) is 33.6 Å². The van der Waals surface area contributed by atoms with Gasteiger partial charge in [-0.15, -0.1) is 0 Å². The van der Waals surface area contributed by atoms with Gasteiger partial charge >= 0.3 is 0 Å². The zero-order valence-electron chi connectivity index (χ0n) is 10.2. The molecule has 0 aliphatic heterocycles. The van der Waals surface area contributed by atoms with Gasteiger partial charge in [-0.25, -0.2) is 4.39 Å². The molecule has 2 aromatic carbocycles. The summed E-state index contributed by atoms with van der Waals surface area (Å²) in [5, 5.41) is 3.63. The number of nitrogens with one attached hydrogen (secondary N) is 1. The molecule has 5 heteroatoms. The second-order valence-corrected chi connectivity index (χ2v) is 5.29. The standard InChI is InChI=1S/C14H12BrClFNO/c1-19-13-5-10(15)4-12(7-13)18-8-9-2-3-11(17)6-14(9)16/h2-7,18H,8H2,1H3. The predicted octanol–water partition coefficient (Wildman–Crippen LogP) is 4.86. The number of methoxy groups -OCH3 is 1. The normalized spacial score (nSPS) is 10.3. The van der Waals surface area contributed by atoms with Crippen molar-refractivity contribution in [1.29, 1.82) is 0 Å². The molecule has 0 saturated carbocycles. The summed E-state index contributed by atoms with van der Waals surface area (Å²) in [7, 11) is 1.61. The summed E-state index contributed by atoms with van der Waals surface area (Å²) in [4.78, 5) is 0. The van der Waals surface area contributed by atoms with Crippen LogP contribution in [0.4, 0.5) is 10.1 Å². The van der Waals surface area contributed by atoms with Gasteiger partial charge in [0.15, 0.2) is 0 Å². The van der Waals surface area contributed by atoms with E-state index in [4.69, 9.17) is 16.3 Å². The molecule has 0 spiro atoms.